The molecule has 0 atom stereocenters. The minimum Gasteiger partial charge on any atom is -0.476 e. The molecule has 2 heterocycles. The smallest absolute Gasteiger partial charge is 0.358 e. The number of nitrogens with zero attached hydrogens (tertiary/aromatic N) is 3. The number of rotatable bonds is 2. The highest BCUT2D eigenvalue weighted by atomic mass is 16.5. The number of aromatic nitrogens is 2. The zero-order chi connectivity index (χ0) is 15.0. The molecule has 2 aromatic rings. The van der Waals surface area contributed by atoms with Crippen molar-refractivity contribution in [2.75, 3.05) is 24.6 Å². The molecule has 0 aliphatic carbocycles. The molecular weight excluding hydrogens is 270 g/mol. The van der Waals surface area contributed by atoms with Crippen LogP contribution in [0.5, 0.6) is 0 Å². The Bertz CT molecular complexity index is 700. The summed E-state index contributed by atoms with van der Waals surface area (Å²) in [6, 6.07) is 7.46. The quantitative estimate of drug-likeness (QED) is 0.909. The average molecular weight is 287 g/mol. The van der Waals surface area contributed by atoms with Gasteiger partial charge in [-0.2, -0.15) is 0 Å². The Labute approximate surface area is 122 Å². The number of ether oxygens (including phenoxy) is 1. The predicted molar refractivity (Wildman–Crippen MR) is 78.7 cm³/mol. The number of hydrogen-bond donors (Lipinski definition) is 1. The third-order valence-corrected chi connectivity index (χ3v) is 3.59. The van der Waals surface area contributed by atoms with Crippen molar-refractivity contribution in [3.05, 3.63) is 30.0 Å². The fourth-order valence-electron chi connectivity index (χ4n) is 2.71. The highest BCUT2D eigenvalue weighted by Crippen LogP contribution is 2.31. The second-order valence-corrected chi connectivity index (χ2v) is 5.75. The fourth-order valence-corrected chi connectivity index (χ4v) is 2.71. The summed E-state index contributed by atoms with van der Waals surface area (Å²) in [7, 11) is 0. The molecule has 1 aliphatic rings. The third-order valence-electron chi connectivity index (χ3n) is 3.59. The van der Waals surface area contributed by atoms with E-state index < -0.39 is 5.97 Å². The first-order valence-electron chi connectivity index (χ1n) is 6.85. The number of hydrogen-bond acceptors (Lipinski definition) is 5. The molecule has 6 nitrogen and oxygen atoms in total. The van der Waals surface area contributed by atoms with E-state index in [1.54, 1.807) is 0 Å². The summed E-state index contributed by atoms with van der Waals surface area (Å²) in [5.74, 6) is -1.06. The maximum atomic E-state index is 11.5. The first-order chi connectivity index (χ1) is 9.98. The summed E-state index contributed by atoms with van der Waals surface area (Å²) in [5.41, 5.74) is 0.996. The van der Waals surface area contributed by atoms with E-state index in [0.29, 0.717) is 30.9 Å². The standard InChI is InChI=1S/C15H17N3O3/c1-15(2)9-18(7-8-21-15)13-10-5-3-4-6-11(10)16-17-12(13)14(19)20/h3-6H,7-9H2,1-2H3,(H,19,20). The van der Waals surface area contributed by atoms with Crippen LogP contribution in [-0.2, 0) is 4.74 Å². The summed E-state index contributed by atoms with van der Waals surface area (Å²) in [6.45, 7) is 5.80. The van der Waals surface area contributed by atoms with Crippen LogP contribution < -0.4 is 4.90 Å². The normalized spacial score (nSPS) is 17.9. The van der Waals surface area contributed by atoms with Gasteiger partial charge >= 0.3 is 5.97 Å². The molecule has 1 N–H and O–H groups in total. The molecule has 1 saturated heterocycles. The van der Waals surface area contributed by atoms with E-state index >= 15 is 0 Å². The molecule has 1 fully saturated rings. The zero-order valence-corrected chi connectivity index (χ0v) is 12.0. The lowest BCUT2D eigenvalue weighted by molar-refractivity contribution is -0.0277. The molecule has 0 amide bonds. The van der Waals surface area contributed by atoms with Gasteiger partial charge in [-0.15, -0.1) is 10.2 Å². The summed E-state index contributed by atoms with van der Waals surface area (Å²) in [5, 5.41) is 18.1. The van der Waals surface area contributed by atoms with Crippen LogP contribution in [0.1, 0.15) is 24.3 Å². The van der Waals surface area contributed by atoms with Gasteiger partial charge in [0.15, 0.2) is 5.69 Å². The van der Waals surface area contributed by atoms with E-state index in [2.05, 4.69) is 10.2 Å². The van der Waals surface area contributed by atoms with Gasteiger partial charge in [0, 0.05) is 18.5 Å². The van der Waals surface area contributed by atoms with E-state index in [-0.39, 0.29) is 11.3 Å². The van der Waals surface area contributed by atoms with Crippen molar-refractivity contribution < 1.29 is 14.6 Å². The number of anilines is 1. The van der Waals surface area contributed by atoms with Crippen LogP contribution in [0.25, 0.3) is 10.9 Å². The third kappa shape index (κ3) is 2.54. The first-order valence-corrected chi connectivity index (χ1v) is 6.85. The van der Waals surface area contributed by atoms with Crippen molar-refractivity contribution in [2.45, 2.75) is 19.4 Å². The lowest BCUT2D eigenvalue weighted by Gasteiger charge is -2.40. The number of benzene rings is 1. The van der Waals surface area contributed by atoms with Gasteiger partial charge in [0.25, 0.3) is 0 Å². The Hall–Kier alpha value is -2.21. The minimum absolute atomic E-state index is 0.00796. The van der Waals surface area contributed by atoms with E-state index in [1.807, 2.05) is 43.0 Å². The minimum atomic E-state index is -1.06. The molecule has 0 spiro atoms. The highest BCUT2D eigenvalue weighted by molar-refractivity contribution is 6.02. The van der Waals surface area contributed by atoms with E-state index in [4.69, 9.17) is 4.74 Å². The predicted octanol–water partition coefficient (Wildman–Crippen LogP) is 1.94. The van der Waals surface area contributed by atoms with Crippen LogP contribution >= 0.6 is 0 Å². The molecule has 0 unspecified atom stereocenters. The van der Waals surface area contributed by atoms with Gasteiger partial charge in [-0.3, -0.25) is 0 Å². The lowest BCUT2D eigenvalue weighted by Crippen LogP contribution is -2.49. The van der Waals surface area contributed by atoms with Gasteiger partial charge < -0.3 is 14.7 Å². The van der Waals surface area contributed by atoms with Crippen molar-refractivity contribution in [1.82, 2.24) is 10.2 Å². The Balaban J connectivity index is 2.18. The number of fused-ring (bicyclic) bond motifs is 1. The molecule has 0 saturated carbocycles. The summed E-state index contributed by atoms with van der Waals surface area (Å²) in [6.07, 6.45) is 0. The highest BCUT2D eigenvalue weighted by Gasteiger charge is 2.31. The Morgan fingerprint density at radius 2 is 2.10 bits per heavy atom. The number of aromatic carboxylic acids is 1. The molecular formula is C15H17N3O3. The maximum Gasteiger partial charge on any atom is 0.358 e. The van der Waals surface area contributed by atoms with Gasteiger partial charge in [-0.05, 0) is 19.9 Å². The van der Waals surface area contributed by atoms with E-state index in [1.165, 1.54) is 0 Å². The Morgan fingerprint density at radius 3 is 2.81 bits per heavy atom. The van der Waals surface area contributed by atoms with Crippen molar-refractivity contribution in [1.29, 1.82) is 0 Å². The second-order valence-electron chi connectivity index (χ2n) is 5.75. The van der Waals surface area contributed by atoms with Gasteiger partial charge in [-0.25, -0.2) is 4.79 Å². The van der Waals surface area contributed by atoms with E-state index in [0.717, 1.165) is 5.39 Å². The van der Waals surface area contributed by atoms with Crippen LogP contribution in [0.15, 0.2) is 24.3 Å². The Kier molecular flexibility index (Phi) is 3.25. The van der Waals surface area contributed by atoms with Gasteiger partial charge in [-0.1, -0.05) is 18.2 Å². The summed E-state index contributed by atoms with van der Waals surface area (Å²) in [4.78, 5) is 13.5. The molecule has 21 heavy (non-hydrogen) atoms. The van der Waals surface area contributed by atoms with Gasteiger partial charge in [0.05, 0.1) is 23.4 Å². The first kappa shape index (κ1) is 13.8. The number of carboxylic acid groups (broad SMARTS) is 1. The van der Waals surface area contributed by atoms with Gasteiger partial charge in [0.2, 0.25) is 0 Å². The molecule has 0 bridgehead atoms. The SMILES string of the molecule is CC1(C)CN(c2c(C(=O)O)nnc3ccccc23)CCO1. The van der Waals surface area contributed by atoms with Crippen LogP contribution in [0.4, 0.5) is 5.69 Å². The maximum absolute atomic E-state index is 11.5. The molecule has 110 valence electrons. The fraction of sp³-hybridized carbons (Fsp3) is 0.400. The largest absolute Gasteiger partial charge is 0.476 e. The summed E-state index contributed by atoms with van der Waals surface area (Å²) < 4.78 is 5.70. The lowest BCUT2D eigenvalue weighted by atomic mass is 10.0. The van der Waals surface area contributed by atoms with Crippen LogP contribution in [0.2, 0.25) is 0 Å². The molecule has 1 aromatic heterocycles. The van der Waals surface area contributed by atoms with Crippen molar-refractivity contribution >= 4 is 22.6 Å². The number of carbonyl (C=O) groups is 1. The zero-order valence-electron chi connectivity index (χ0n) is 12.0. The van der Waals surface area contributed by atoms with Crippen LogP contribution in [-0.4, -0.2) is 46.6 Å². The molecule has 1 aromatic carbocycles. The summed E-state index contributed by atoms with van der Waals surface area (Å²) >= 11 is 0. The van der Waals surface area contributed by atoms with Crippen molar-refractivity contribution in [3.8, 4) is 0 Å². The molecule has 1 aliphatic heterocycles. The number of carboxylic acids is 1. The average Bonchev–Trinajstić information content (AvgIpc) is 2.44. The topological polar surface area (TPSA) is 75.6 Å². The molecule has 6 heteroatoms. The van der Waals surface area contributed by atoms with Gasteiger partial charge in [0.1, 0.15) is 0 Å². The molecule has 3 rings (SSSR count). The van der Waals surface area contributed by atoms with Crippen LogP contribution in [0, 0.1) is 0 Å². The second kappa shape index (κ2) is 4.96. The van der Waals surface area contributed by atoms with Crippen LogP contribution in [0.3, 0.4) is 0 Å². The van der Waals surface area contributed by atoms with Crippen molar-refractivity contribution in [3.63, 3.8) is 0 Å². The van der Waals surface area contributed by atoms with E-state index in [9.17, 15) is 9.90 Å². The monoisotopic (exact) mass is 287 g/mol. The number of morpholine rings is 1. The van der Waals surface area contributed by atoms with Crippen molar-refractivity contribution in [2.24, 2.45) is 0 Å². The Morgan fingerprint density at radius 1 is 1.33 bits per heavy atom. The molecule has 0 radical (unpaired) electrons.